The zero-order valence-electron chi connectivity index (χ0n) is 24.1. The van der Waals surface area contributed by atoms with E-state index in [1.54, 1.807) is 36.4 Å². The maximum absolute atomic E-state index is 12.2. The average molecular weight is 679 g/mol. The Labute approximate surface area is 270 Å². The Balaban J connectivity index is 0.000000254. The van der Waals surface area contributed by atoms with Crippen LogP contribution >= 0.6 is 23.2 Å². The largest absolute Gasteiger partial charge is 0.505 e. The van der Waals surface area contributed by atoms with E-state index in [9.17, 15) is 29.4 Å². The molecule has 0 saturated carbocycles. The van der Waals surface area contributed by atoms with Gasteiger partial charge in [-0.2, -0.15) is 0 Å². The highest BCUT2D eigenvalue weighted by atomic mass is 35.5. The number of aliphatic carboxylic acids is 2. The number of fused-ring (bicyclic) bond motifs is 2. The molecule has 0 fully saturated rings. The molecule has 17 heteroatoms. The van der Waals surface area contributed by atoms with E-state index in [0.717, 1.165) is 0 Å². The number of ether oxygens (including phenoxy) is 1. The number of aromatic hydroxyl groups is 2. The van der Waals surface area contributed by atoms with Gasteiger partial charge < -0.3 is 46.0 Å². The van der Waals surface area contributed by atoms with Gasteiger partial charge in [-0.3, -0.25) is 9.59 Å². The third-order valence-electron chi connectivity index (χ3n) is 6.12. The van der Waals surface area contributed by atoms with Crippen molar-refractivity contribution in [3.05, 3.63) is 64.2 Å². The fraction of sp³-hybridized carbons (Fsp3) is 0.241. The van der Waals surface area contributed by atoms with E-state index in [0.29, 0.717) is 21.9 Å². The summed E-state index contributed by atoms with van der Waals surface area (Å²) in [5.74, 6) is -5.15. The molecular formula is C29H28Cl2N4O11. The van der Waals surface area contributed by atoms with Gasteiger partial charge in [-0.05, 0) is 32.0 Å². The Morgan fingerprint density at radius 3 is 1.61 bits per heavy atom. The number of aliphatic hydroxyl groups is 2. The molecule has 46 heavy (non-hydrogen) atoms. The molecule has 0 aliphatic heterocycles. The molecule has 2 amide bonds. The number of carbonyl (C=O) groups is 4. The fourth-order valence-electron chi connectivity index (χ4n) is 3.93. The number of aliphatic hydroxyl groups excluding tert-OH is 2. The third-order valence-corrected chi connectivity index (χ3v) is 6.69. The summed E-state index contributed by atoms with van der Waals surface area (Å²) in [6, 6.07) is 8.25. The Kier molecular flexibility index (Phi) is 11.9. The van der Waals surface area contributed by atoms with Gasteiger partial charge in [0.2, 0.25) is 0 Å². The summed E-state index contributed by atoms with van der Waals surface area (Å²) in [5.41, 5.74) is -0.850. The molecule has 2 heterocycles. The monoisotopic (exact) mass is 678 g/mol. The average Bonchev–Trinajstić information content (AvgIpc) is 3.01. The van der Waals surface area contributed by atoms with Gasteiger partial charge in [-0.25, -0.2) is 19.6 Å². The molecule has 8 N–H and O–H groups in total. The minimum absolute atomic E-state index is 0.00410. The number of hydrogen-bond donors (Lipinski definition) is 8. The van der Waals surface area contributed by atoms with E-state index in [1.807, 2.05) is 19.2 Å². The molecule has 4 aromatic rings. The minimum atomic E-state index is -1.53. The minimum Gasteiger partial charge on any atom is -0.505 e. The van der Waals surface area contributed by atoms with Gasteiger partial charge in [-0.1, -0.05) is 47.5 Å². The fourth-order valence-corrected chi connectivity index (χ4v) is 4.43. The van der Waals surface area contributed by atoms with Gasteiger partial charge in [0.25, 0.3) is 11.8 Å². The topological polar surface area (TPSA) is 249 Å². The summed E-state index contributed by atoms with van der Waals surface area (Å²) in [7, 11) is 0. The number of aromatic nitrogens is 2. The van der Waals surface area contributed by atoms with Crippen molar-refractivity contribution in [2.45, 2.75) is 32.0 Å². The van der Waals surface area contributed by atoms with Crippen LogP contribution in [0, 0.1) is 0 Å². The number of halogens is 2. The third kappa shape index (κ3) is 8.19. The summed E-state index contributed by atoms with van der Waals surface area (Å²) >= 11 is 12.0. The van der Waals surface area contributed by atoms with Crippen molar-refractivity contribution < 1.29 is 54.6 Å². The number of carboxylic acids is 2. The van der Waals surface area contributed by atoms with Crippen LogP contribution in [0.2, 0.25) is 10.3 Å². The van der Waals surface area contributed by atoms with E-state index >= 15 is 0 Å². The van der Waals surface area contributed by atoms with Gasteiger partial charge in [0.05, 0.1) is 19.3 Å². The van der Waals surface area contributed by atoms with E-state index in [2.05, 4.69) is 15.3 Å². The van der Waals surface area contributed by atoms with Crippen LogP contribution in [0.25, 0.3) is 21.5 Å². The van der Waals surface area contributed by atoms with E-state index < -0.39 is 71.9 Å². The van der Waals surface area contributed by atoms with Crippen LogP contribution in [0.15, 0.2) is 42.5 Å². The number of rotatable bonds is 10. The van der Waals surface area contributed by atoms with Crippen LogP contribution in [-0.2, 0) is 9.59 Å². The first-order valence-electron chi connectivity index (χ1n) is 13.2. The van der Waals surface area contributed by atoms with Crippen molar-refractivity contribution in [1.29, 1.82) is 0 Å². The van der Waals surface area contributed by atoms with Crippen molar-refractivity contribution in [2.24, 2.45) is 0 Å². The molecule has 0 radical (unpaired) electrons. The van der Waals surface area contributed by atoms with Gasteiger partial charge in [-0.15, -0.1) is 0 Å². The Morgan fingerprint density at radius 1 is 0.739 bits per heavy atom. The molecule has 15 nitrogen and oxygen atoms in total. The van der Waals surface area contributed by atoms with Gasteiger partial charge >= 0.3 is 11.9 Å². The zero-order valence-corrected chi connectivity index (χ0v) is 25.6. The second-order valence-electron chi connectivity index (χ2n) is 9.71. The lowest BCUT2D eigenvalue weighted by Crippen LogP contribution is -2.43. The molecule has 2 aromatic heterocycles. The van der Waals surface area contributed by atoms with Crippen molar-refractivity contribution in [3.63, 3.8) is 0 Å². The van der Waals surface area contributed by atoms with Crippen LogP contribution < -0.4 is 15.4 Å². The quantitative estimate of drug-likeness (QED) is 0.112. The lowest BCUT2D eigenvalue weighted by Gasteiger charge is -2.14. The van der Waals surface area contributed by atoms with Crippen molar-refractivity contribution in [3.8, 4) is 17.2 Å². The smallest absolute Gasteiger partial charge is 0.328 e. The molecule has 244 valence electrons. The highest BCUT2D eigenvalue weighted by Crippen LogP contribution is 2.35. The number of carboxylic acid groups (broad SMARTS) is 2. The molecular weight excluding hydrogens is 651 g/mol. The van der Waals surface area contributed by atoms with Crippen LogP contribution in [0.1, 0.15) is 34.8 Å². The lowest BCUT2D eigenvalue weighted by molar-refractivity contribution is -0.141. The van der Waals surface area contributed by atoms with Gasteiger partial charge in [0.1, 0.15) is 16.1 Å². The summed E-state index contributed by atoms with van der Waals surface area (Å²) in [6.45, 7) is 2.07. The van der Waals surface area contributed by atoms with E-state index in [4.69, 9.17) is 48.4 Å². The Bertz CT molecular complexity index is 1800. The van der Waals surface area contributed by atoms with Crippen LogP contribution in [-0.4, -0.2) is 95.8 Å². The number of carbonyl (C=O) groups excluding carboxylic acids is 2. The van der Waals surface area contributed by atoms with Crippen molar-refractivity contribution in [1.82, 2.24) is 20.6 Å². The highest BCUT2D eigenvalue weighted by Gasteiger charge is 2.26. The standard InChI is InChI=1S/C16H17ClN2O6.C13H11ClN2O5/c1-7(2)25-8-3-4-9-10(5-8)13(21)12(19-14(9)17)15(22)18-11(6-20)16(23)24;14-11-7-4-2-1-3-6(7)10(18)9(16-11)12(19)15-8(5-17)13(20)21/h3-5,7,11,20-21H,6H2,1-2H3,(H,18,22)(H,23,24);1-4,8,17-18H,5H2,(H,15,19)(H,20,21)/t11-;8-/m10/s1. The number of nitrogens with zero attached hydrogens (tertiary/aromatic N) is 2. The first-order chi connectivity index (χ1) is 21.7. The second kappa shape index (κ2) is 15.4. The molecule has 4 rings (SSSR count). The summed E-state index contributed by atoms with van der Waals surface area (Å²) in [4.78, 5) is 53.5. The maximum Gasteiger partial charge on any atom is 0.328 e. The number of pyridine rings is 2. The molecule has 2 aromatic carbocycles. The van der Waals surface area contributed by atoms with Crippen LogP contribution in [0.4, 0.5) is 0 Å². The predicted molar refractivity (Wildman–Crippen MR) is 165 cm³/mol. The number of nitrogens with one attached hydrogen (secondary N) is 2. The molecule has 2 atom stereocenters. The summed E-state index contributed by atoms with van der Waals surface area (Å²) < 4.78 is 5.54. The Morgan fingerprint density at radius 2 is 1.17 bits per heavy atom. The molecule has 0 aliphatic rings. The lowest BCUT2D eigenvalue weighted by atomic mass is 10.1. The number of amides is 2. The summed E-state index contributed by atoms with van der Waals surface area (Å²) in [5, 5.41) is 61.5. The number of benzene rings is 2. The van der Waals surface area contributed by atoms with Crippen molar-refractivity contribution in [2.75, 3.05) is 13.2 Å². The molecule has 0 unspecified atom stereocenters. The van der Waals surface area contributed by atoms with Crippen LogP contribution in [0.5, 0.6) is 17.2 Å². The zero-order chi connectivity index (χ0) is 34.3. The molecule has 0 saturated heterocycles. The second-order valence-corrected chi connectivity index (χ2v) is 10.4. The first-order valence-corrected chi connectivity index (χ1v) is 14.0. The molecule has 0 bridgehead atoms. The molecule has 0 aliphatic carbocycles. The summed E-state index contributed by atoms with van der Waals surface area (Å²) in [6.07, 6.45) is -0.0967. The molecule has 0 spiro atoms. The normalized spacial score (nSPS) is 12.2. The highest BCUT2D eigenvalue weighted by molar-refractivity contribution is 6.35. The predicted octanol–water partition coefficient (Wildman–Crippen LogP) is 2.33. The van der Waals surface area contributed by atoms with E-state index in [-0.39, 0.29) is 21.8 Å². The van der Waals surface area contributed by atoms with Crippen molar-refractivity contribution >= 4 is 68.5 Å². The maximum atomic E-state index is 12.2. The Hall–Kier alpha value is -4.96. The van der Waals surface area contributed by atoms with Crippen LogP contribution in [0.3, 0.4) is 0 Å². The van der Waals surface area contributed by atoms with Gasteiger partial charge in [0.15, 0.2) is 35.0 Å². The van der Waals surface area contributed by atoms with Gasteiger partial charge in [0, 0.05) is 21.5 Å². The van der Waals surface area contributed by atoms with E-state index in [1.165, 1.54) is 6.07 Å². The SMILES string of the molecule is CC(C)Oc1ccc2c(Cl)nc(C(=O)N[C@H](CO)C(=O)O)c(O)c2c1.O=C(N[C@@H](CO)C(=O)O)c1nc(Cl)c2ccccc2c1O. The first kappa shape index (κ1) is 35.5. The number of hydrogen-bond acceptors (Lipinski definition) is 11.